The van der Waals surface area contributed by atoms with Crippen LogP contribution in [0.3, 0.4) is 0 Å². The number of fused-ring (bicyclic) bond motifs is 3. The van der Waals surface area contributed by atoms with Gasteiger partial charge in [-0.25, -0.2) is 0 Å². The van der Waals surface area contributed by atoms with Gasteiger partial charge >= 0.3 is 206 Å². The molecule has 0 aliphatic carbocycles. The van der Waals surface area contributed by atoms with Crippen LogP contribution >= 0.6 is 7.26 Å². The molecule has 7 rings (SSSR count). The van der Waals surface area contributed by atoms with E-state index in [-0.39, 0.29) is 10.7 Å². The Morgan fingerprint density at radius 1 is 0.824 bits per heavy atom. The molecule has 184 valence electrons. The molecule has 0 saturated carbocycles. The molecule has 0 N–H and O–H groups in total. The summed E-state index contributed by atoms with van der Waals surface area (Å²) in [5, 5.41) is 0.961. The second-order valence-electron chi connectivity index (χ2n) is 12.8. The van der Waals surface area contributed by atoms with Crippen LogP contribution in [0.25, 0.3) is 11.1 Å². The third-order valence-electron chi connectivity index (χ3n) is 9.55. The van der Waals surface area contributed by atoms with E-state index in [1.807, 2.05) is 0 Å². The van der Waals surface area contributed by atoms with Crippen molar-refractivity contribution in [3.05, 3.63) is 53.1 Å². The van der Waals surface area contributed by atoms with Crippen LogP contribution in [0, 0.1) is 0 Å². The molecular formula is C30H41O3P. The van der Waals surface area contributed by atoms with Gasteiger partial charge < -0.3 is 0 Å². The minimum absolute atomic E-state index is 0.279. The van der Waals surface area contributed by atoms with Crippen LogP contribution in [0.15, 0.2) is 36.4 Å². The second-order valence-corrected chi connectivity index (χ2v) is 18.0. The summed E-state index contributed by atoms with van der Waals surface area (Å²) in [5.74, 6) is -0.227. The summed E-state index contributed by atoms with van der Waals surface area (Å²) in [4.78, 5) is 0. The van der Waals surface area contributed by atoms with E-state index in [1.165, 1.54) is 33.1 Å². The fourth-order valence-electron chi connectivity index (χ4n) is 9.04. The molecule has 2 aromatic rings. The van der Waals surface area contributed by atoms with Crippen LogP contribution < -0.4 is 5.30 Å². The molecule has 3 nitrogen and oxygen atoms in total. The third kappa shape index (κ3) is 2.63. The van der Waals surface area contributed by atoms with Crippen LogP contribution in [0.1, 0.15) is 109 Å². The zero-order chi connectivity index (χ0) is 24.5. The molecule has 4 fully saturated rings. The number of benzene rings is 2. The van der Waals surface area contributed by atoms with Crippen molar-refractivity contribution in [3.63, 3.8) is 0 Å². The van der Waals surface area contributed by atoms with Gasteiger partial charge in [-0.2, -0.15) is 0 Å². The summed E-state index contributed by atoms with van der Waals surface area (Å²) in [7, 11) is -2.48. The van der Waals surface area contributed by atoms with Crippen molar-refractivity contribution in [1.82, 2.24) is 0 Å². The third-order valence-corrected chi connectivity index (χ3v) is 16.3. The zero-order valence-corrected chi connectivity index (χ0v) is 23.3. The number of rotatable bonds is 2. The number of ether oxygens (including phenoxy) is 3. The van der Waals surface area contributed by atoms with Gasteiger partial charge in [0.1, 0.15) is 0 Å². The van der Waals surface area contributed by atoms with Gasteiger partial charge in [0.15, 0.2) is 0 Å². The number of hydrogen-bond acceptors (Lipinski definition) is 3. The van der Waals surface area contributed by atoms with E-state index in [4.69, 9.17) is 14.2 Å². The van der Waals surface area contributed by atoms with Crippen molar-refractivity contribution in [2.24, 2.45) is 0 Å². The SMILES string of the molecule is CC(C)c1cc(C(C)C)c2c(c1)C(C)[PH]1(c3ccccc3-2)C2(C)CC3(C)OC(C)(CC1(C)O3)O2. The Kier molecular flexibility index (Phi) is 4.59. The standard InChI is InChI=1S/C30H41O3P/c1-18(2)21-14-23(19(3)4)26-22-12-10-11-13-25(22)34(20(5)24(26)15-21)29(8)16-27(6)31-28(7,33-29)17-30(34,9)32-27/h10-15,18-20,34H,16-17H2,1-9H3. The predicted octanol–water partition coefficient (Wildman–Crippen LogP) is 7.79. The van der Waals surface area contributed by atoms with Crippen molar-refractivity contribution < 1.29 is 14.2 Å². The summed E-state index contributed by atoms with van der Waals surface area (Å²) in [6, 6.07) is 14.2. The summed E-state index contributed by atoms with van der Waals surface area (Å²) < 4.78 is 20.6. The quantitative estimate of drug-likeness (QED) is 0.411. The molecule has 2 aromatic carbocycles. The first kappa shape index (κ1) is 23.2. The molecule has 5 aliphatic rings. The molecule has 5 aliphatic heterocycles. The Morgan fingerprint density at radius 2 is 1.41 bits per heavy atom. The summed E-state index contributed by atoms with van der Waals surface area (Å²) in [6.07, 6.45) is 1.57. The van der Waals surface area contributed by atoms with Crippen molar-refractivity contribution in [2.45, 2.75) is 115 Å². The van der Waals surface area contributed by atoms with E-state index in [2.05, 4.69) is 98.7 Å². The Labute approximate surface area is 205 Å². The fourth-order valence-corrected chi connectivity index (χ4v) is 17.2. The topological polar surface area (TPSA) is 27.7 Å². The molecule has 5 atom stereocenters. The number of hydrogen-bond donors (Lipinski definition) is 0. The first-order valence-electron chi connectivity index (χ1n) is 13.2. The van der Waals surface area contributed by atoms with Crippen LogP contribution in [-0.2, 0) is 14.2 Å². The fraction of sp³-hybridized carbons (Fsp3) is 0.600. The summed E-state index contributed by atoms with van der Waals surface area (Å²) in [6.45, 7) is 20.9. The van der Waals surface area contributed by atoms with Crippen molar-refractivity contribution in [2.75, 3.05) is 0 Å². The maximum absolute atomic E-state index is 7.08. The molecule has 5 unspecified atom stereocenters. The monoisotopic (exact) mass is 480 g/mol. The molecule has 34 heavy (non-hydrogen) atoms. The van der Waals surface area contributed by atoms with Crippen LogP contribution in [0.5, 0.6) is 0 Å². The molecule has 0 aromatic heterocycles. The summed E-state index contributed by atoms with van der Waals surface area (Å²) >= 11 is 0. The Bertz CT molecular complexity index is 1150. The van der Waals surface area contributed by atoms with Crippen LogP contribution in [0.4, 0.5) is 0 Å². The van der Waals surface area contributed by atoms with E-state index in [9.17, 15) is 0 Å². The van der Waals surface area contributed by atoms with Crippen LogP contribution in [0.2, 0.25) is 0 Å². The molecule has 4 heteroatoms. The van der Waals surface area contributed by atoms with E-state index in [1.54, 1.807) is 0 Å². The molecular weight excluding hydrogens is 439 g/mol. The molecule has 0 amide bonds. The summed E-state index contributed by atoms with van der Waals surface area (Å²) in [5.41, 5.74) is 7.69. The van der Waals surface area contributed by atoms with E-state index >= 15 is 0 Å². The van der Waals surface area contributed by atoms with Gasteiger partial charge in [-0.3, -0.25) is 0 Å². The second kappa shape index (κ2) is 6.74. The van der Waals surface area contributed by atoms with Crippen LogP contribution in [-0.4, -0.2) is 22.3 Å². The predicted molar refractivity (Wildman–Crippen MR) is 143 cm³/mol. The van der Waals surface area contributed by atoms with E-state index < -0.39 is 18.8 Å². The zero-order valence-electron chi connectivity index (χ0n) is 22.3. The van der Waals surface area contributed by atoms with Gasteiger partial charge in [-0.15, -0.1) is 0 Å². The van der Waals surface area contributed by atoms with Gasteiger partial charge in [-0.1, -0.05) is 0 Å². The van der Waals surface area contributed by atoms with E-state index in [0.717, 1.165) is 12.8 Å². The Morgan fingerprint density at radius 3 is 1.97 bits per heavy atom. The van der Waals surface area contributed by atoms with Gasteiger partial charge in [-0.05, 0) is 0 Å². The average Bonchev–Trinajstić information content (AvgIpc) is 2.69. The maximum atomic E-state index is 7.08. The minimum atomic E-state index is -2.48. The first-order valence-corrected chi connectivity index (χ1v) is 15.2. The van der Waals surface area contributed by atoms with Crippen molar-refractivity contribution >= 4 is 12.6 Å². The van der Waals surface area contributed by atoms with Gasteiger partial charge in [0.2, 0.25) is 0 Å². The molecule has 1 spiro atoms. The normalized spacial score (nSPS) is 40.0. The molecule has 5 heterocycles. The molecule has 4 saturated heterocycles. The Hall–Kier alpha value is -1.25. The molecule has 4 bridgehead atoms. The van der Waals surface area contributed by atoms with Crippen molar-refractivity contribution in [3.8, 4) is 11.1 Å². The first-order chi connectivity index (χ1) is 15.8. The van der Waals surface area contributed by atoms with Crippen molar-refractivity contribution in [1.29, 1.82) is 0 Å². The van der Waals surface area contributed by atoms with Gasteiger partial charge in [0.05, 0.1) is 0 Å². The molecule has 0 radical (unpaired) electrons. The van der Waals surface area contributed by atoms with E-state index in [0.29, 0.717) is 17.5 Å². The average molecular weight is 481 g/mol. The Balaban J connectivity index is 1.72. The van der Waals surface area contributed by atoms with Gasteiger partial charge in [0.25, 0.3) is 0 Å². The van der Waals surface area contributed by atoms with Gasteiger partial charge in [0, 0.05) is 0 Å².